The van der Waals surface area contributed by atoms with Gasteiger partial charge in [-0.25, -0.2) is 0 Å². The zero-order valence-corrected chi connectivity index (χ0v) is 11.6. The van der Waals surface area contributed by atoms with Crippen molar-refractivity contribution in [3.05, 3.63) is 0 Å². The second-order valence-electron chi connectivity index (χ2n) is 4.95. The summed E-state index contributed by atoms with van der Waals surface area (Å²) >= 11 is 0. The molecule has 2 rings (SSSR count). The number of anilines is 2. The topological polar surface area (TPSA) is 95.2 Å². The number of nitrogens with zero attached hydrogens (tertiary/aromatic N) is 3. The Hall–Kier alpha value is -1.63. The molecule has 7 nitrogen and oxygen atoms in total. The standard InChI is InChI=1S/C12H21N5O2/c1-7(2)19-12-16-10(13)15-11(17-12)14-8(3)9-5-4-6-18-9/h7-9H,4-6H2,1-3H3,(H3,13,14,15,16,17). The van der Waals surface area contributed by atoms with Gasteiger partial charge in [-0.3, -0.25) is 0 Å². The number of ether oxygens (including phenoxy) is 2. The molecule has 0 radical (unpaired) electrons. The average Bonchev–Trinajstić information content (AvgIpc) is 2.79. The van der Waals surface area contributed by atoms with E-state index in [0.717, 1.165) is 19.4 Å². The van der Waals surface area contributed by atoms with Crippen LogP contribution in [0.3, 0.4) is 0 Å². The summed E-state index contributed by atoms with van der Waals surface area (Å²) in [4.78, 5) is 12.2. The van der Waals surface area contributed by atoms with Crippen molar-refractivity contribution in [2.45, 2.75) is 51.9 Å². The monoisotopic (exact) mass is 267 g/mol. The highest BCUT2D eigenvalue weighted by Crippen LogP contribution is 2.18. The SMILES string of the molecule is CC(C)Oc1nc(N)nc(NC(C)C2CCCO2)n1. The van der Waals surface area contributed by atoms with E-state index in [1.54, 1.807) is 0 Å². The number of rotatable bonds is 5. The molecule has 7 heteroatoms. The van der Waals surface area contributed by atoms with Crippen LogP contribution in [-0.2, 0) is 4.74 Å². The first-order valence-corrected chi connectivity index (χ1v) is 6.61. The lowest BCUT2D eigenvalue weighted by atomic mass is 10.1. The van der Waals surface area contributed by atoms with E-state index in [9.17, 15) is 0 Å². The van der Waals surface area contributed by atoms with Crippen molar-refractivity contribution in [3.8, 4) is 6.01 Å². The van der Waals surface area contributed by atoms with E-state index in [2.05, 4.69) is 20.3 Å². The maximum Gasteiger partial charge on any atom is 0.323 e. The van der Waals surface area contributed by atoms with E-state index in [1.807, 2.05) is 20.8 Å². The van der Waals surface area contributed by atoms with Gasteiger partial charge < -0.3 is 20.5 Å². The van der Waals surface area contributed by atoms with Crippen LogP contribution in [0.25, 0.3) is 0 Å². The normalized spacial score (nSPS) is 20.5. The quantitative estimate of drug-likeness (QED) is 0.828. The van der Waals surface area contributed by atoms with Crippen molar-refractivity contribution < 1.29 is 9.47 Å². The molecule has 2 unspecified atom stereocenters. The van der Waals surface area contributed by atoms with Gasteiger partial charge in [0.1, 0.15) is 0 Å². The molecular formula is C12H21N5O2. The van der Waals surface area contributed by atoms with E-state index < -0.39 is 0 Å². The summed E-state index contributed by atoms with van der Waals surface area (Å²) in [5, 5.41) is 3.19. The van der Waals surface area contributed by atoms with Crippen LogP contribution in [0.15, 0.2) is 0 Å². The van der Waals surface area contributed by atoms with Crippen LogP contribution < -0.4 is 15.8 Å². The molecule has 1 aliphatic rings. The van der Waals surface area contributed by atoms with Crippen molar-refractivity contribution in [3.63, 3.8) is 0 Å². The lowest BCUT2D eigenvalue weighted by molar-refractivity contribution is 0.0994. The molecule has 1 aliphatic heterocycles. The number of nitrogen functional groups attached to an aromatic ring is 1. The van der Waals surface area contributed by atoms with Gasteiger partial charge in [0.05, 0.1) is 18.2 Å². The van der Waals surface area contributed by atoms with E-state index >= 15 is 0 Å². The van der Waals surface area contributed by atoms with Crippen LogP contribution in [0.5, 0.6) is 6.01 Å². The van der Waals surface area contributed by atoms with Crippen LogP contribution >= 0.6 is 0 Å². The zero-order chi connectivity index (χ0) is 13.8. The summed E-state index contributed by atoms with van der Waals surface area (Å²) in [5.41, 5.74) is 5.65. The van der Waals surface area contributed by atoms with E-state index in [-0.39, 0.29) is 30.2 Å². The minimum Gasteiger partial charge on any atom is -0.461 e. The number of aromatic nitrogens is 3. The summed E-state index contributed by atoms with van der Waals surface area (Å²) in [6.45, 7) is 6.67. The highest BCUT2D eigenvalue weighted by atomic mass is 16.5. The van der Waals surface area contributed by atoms with Gasteiger partial charge in [0.25, 0.3) is 0 Å². The molecule has 0 spiro atoms. The number of hydrogen-bond donors (Lipinski definition) is 2. The second kappa shape index (κ2) is 6.01. The average molecular weight is 267 g/mol. The molecule has 19 heavy (non-hydrogen) atoms. The zero-order valence-electron chi connectivity index (χ0n) is 11.6. The molecule has 0 bridgehead atoms. The smallest absolute Gasteiger partial charge is 0.323 e. The summed E-state index contributed by atoms with van der Waals surface area (Å²) in [6.07, 6.45) is 2.32. The molecule has 2 atom stereocenters. The summed E-state index contributed by atoms with van der Waals surface area (Å²) in [7, 11) is 0. The van der Waals surface area contributed by atoms with Crippen LogP contribution in [0.2, 0.25) is 0 Å². The summed E-state index contributed by atoms with van der Waals surface area (Å²) < 4.78 is 11.0. The first kappa shape index (κ1) is 13.8. The Balaban J connectivity index is 2.04. The second-order valence-corrected chi connectivity index (χ2v) is 4.95. The van der Waals surface area contributed by atoms with E-state index in [4.69, 9.17) is 15.2 Å². The van der Waals surface area contributed by atoms with Crippen LogP contribution in [0, 0.1) is 0 Å². The van der Waals surface area contributed by atoms with Crippen LogP contribution in [0.1, 0.15) is 33.6 Å². The van der Waals surface area contributed by atoms with E-state index in [0.29, 0.717) is 5.95 Å². The third kappa shape index (κ3) is 3.92. The minimum atomic E-state index is -0.00904. The van der Waals surface area contributed by atoms with Gasteiger partial charge >= 0.3 is 6.01 Å². The molecule has 1 aromatic rings. The maximum atomic E-state index is 5.65. The third-order valence-electron chi connectivity index (χ3n) is 2.85. The van der Waals surface area contributed by atoms with Gasteiger partial charge in [-0.05, 0) is 33.6 Å². The van der Waals surface area contributed by atoms with Gasteiger partial charge in [0.15, 0.2) is 0 Å². The lowest BCUT2D eigenvalue weighted by Crippen LogP contribution is -2.31. The molecule has 2 heterocycles. The predicted octanol–water partition coefficient (Wildman–Crippen LogP) is 1.22. The van der Waals surface area contributed by atoms with E-state index in [1.165, 1.54) is 0 Å². The Kier molecular flexibility index (Phi) is 4.36. The summed E-state index contributed by atoms with van der Waals surface area (Å²) in [5.74, 6) is 0.568. The lowest BCUT2D eigenvalue weighted by Gasteiger charge is -2.20. The summed E-state index contributed by atoms with van der Waals surface area (Å²) in [6, 6.07) is 0.362. The van der Waals surface area contributed by atoms with Gasteiger partial charge in [-0.15, -0.1) is 0 Å². The molecule has 0 aliphatic carbocycles. The molecular weight excluding hydrogens is 246 g/mol. The molecule has 0 aromatic carbocycles. The fourth-order valence-corrected chi connectivity index (χ4v) is 1.99. The Morgan fingerprint density at radius 1 is 1.32 bits per heavy atom. The van der Waals surface area contributed by atoms with Crippen molar-refractivity contribution in [1.29, 1.82) is 0 Å². The van der Waals surface area contributed by atoms with Gasteiger partial charge in [-0.2, -0.15) is 15.0 Å². The molecule has 1 aromatic heterocycles. The molecule has 106 valence electrons. The first-order valence-electron chi connectivity index (χ1n) is 6.61. The Morgan fingerprint density at radius 3 is 2.74 bits per heavy atom. The Labute approximate surface area is 112 Å². The highest BCUT2D eigenvalue weighted by Gasteiger charge is 2.23. The third-order valence-corrected chi connectivity index (χ3v) is 2.85. The van der Waals surface area contributed by atoms with Crippen LogP contribution in [-0.4, -0.2) is 39.8 Å². The number of hydrogen-bond acceptors (Lipinski definition) is 7. The van der Waals surface area contributed by atoms with Crippen molar-refractivity contribution in [2.24, 2.45) is 0 Å². The van der Waals surface area contributed by atoms with Crippen molar-refractivity contribution in [1.82, 2.24) is 15.0 Å². The van der Waals surface area contributed by atoms with Crippen molar-refractivity contribution >= 4 is 11.9 Å². The first-order chi connectivity index (χ1) is 9.04. The number of nitrogens with one attached hydrogen (secondary N) is 1. The van der Waals surface area contributed by atoms with Crippen molar-refractivity contribution in [2.75, 3.05) is 17.7 Å². The molecule has 1 saturated heterocycles. The Bertz CT molecular complexity index is 421. The molecule has 1 fully saturated rings. The molecule has 0 saturated carbocycles. The minimum absolute atomic E-state index is 0.00904. The van der Waals surface area contributed by atoms with Gasteiger partial charge in [0, 0.05) is 6.61 Å². The highest BCUT2D eigenvalue weighted by molar-refractivity contribution is 5.33. The number of nitrogens with two attached hydrogens (primary N) is 1. The largest absolute Gasteiger partial charge is 0.461 e. The van der Waals surface area contributed by atoms with Crippen LogP contribution in [0.4, 0.5) is 11.9 Å². The predicted molar refractivity (Wildman–Crippen MR) is 72.1 cm³/mol. The maximum absolute atomic E-state index is 5.65. The van der Waals surface area contributed by atoms with Gasteiger partial charge in [-0.1, -0.05) is 0 Å². The Morgan fingerprint density at radius 2 is 2.11 bits per heavy atom. The fourth-order valence-electron chi connectivity index (χ4n) is 1.99. The fraction of sp³-hybridized carbons (Fsp3) is 0.750. The molecule has 3 N–H and O–H groups in total. The molecule has 0 amide bonds. The van der Waals surface area contributed by atoms with Gasteiger partial charge in [0.2, 0.25) is 11.9 Å².